The van der Waals surface area contributed by atoms with Crippen molar-refractivity contribution in [2.24, 2.45) is 0 Å². The van der Waals surface area contributed by atoms with Crippen LogP contribution in [0.2, 0.25) is 10.0 Å². The normalized spacial score (nSPS) is 10.8. The van der Waals surface area contributed by atoms with Gasteiger partial charge in [0.05, 0.1) is 10.5 Å². The van der Waals surface area contributed by atoms with E-state index in [1.165, 1.54) is 0 Å². The predicted molar refractivity (Wildman–Crippen MR) is 127 cm³/mol. The van der Waals surface area contributed by atoms with Gasteiger partial charge in [-0.2, -0.15) is 0 Å². The standard InChI is InChI=1S/C24H20Cl2N4O/c1-15-6-8-16(9-7-15)24(31)28-13-12-27-22-19-11-10-17(25)14-21(19)29-23(30-22)18-4-2-3-5-20(18)26/h2-11,14H,12-13H2,1H3,(H,28,31)(H,27,29,30). The van der Waals surface area contributed by atoms with E-state index in [9.17, 15) is 4.79 Å². The van der Waals surface area contributed by atoms with Gasteiger partial charge in [0.1, 0.15) is 5.82 Å². The lowest BCUT2D eigenvalue weighted by atomic mass is 10.1. The smallest absolute Gasteiger partial charge is 0.251 e. The number of anilines is 1. The van der Waals surface area contributed by atoms with Crippen LogP contribution >= 0.6 is 23.2 Å². The molecule has 1 aromatic heterocycles. The van der Waals surface area contributed by atoms with Gasteiger partial charge in [0.25, 0.3) is 5.91 Å². The molecule has 0 aliphatic heterocycles. The van der Waals surface area contributed by atoms with Crippen molar-refractivity contribution in [2.45, 2.75) is 6.92 Å². The summed E-state index contributed by atoms with van der Waals surface area (Å²) in [4.78, 5) is 21.6. The van der Waals surface area contributed by atoms with Gasteiger partial charge in [-0.05, 0) is 49.4 Å². The number of halogens is 2. The van der Waals surface area contributed by atoms with E-state index in [-0.39, 0.29) is 5.91 Å². The molecule has 0 unspecified atom stereocenters. The van der Waals surface area contributed by atoms with Gasteiger partial charge in [-0.1, -0.05) is 53.0 Å². The van der Waals surface area contributed by atoms with Crippen LogP contribution in [-0.2, 0) is 0 Å². The van der Waals surface area contributed by atoms with Crippen molar-refractivity contribution in [3.05, 3.63) is 87.9 Å². The first kappa shape index (κ1) is 21.1. The second-order valence-corrected chi connectivity index (χ2v) is 7.93. The van der Waals surface area contributed by atoms with Crippen LogP contribution in [0.25, 0.3) is 22.3 Å². The van der Waals surface area contributed by atoms with Crippen LogP contribution in [0, 0.1) is 6.92 Å². The summed E-state index contributed by atoms with van der Waals surface area (Å²) >= 11 is 12.5. The van der Waals surface area contributed by atoms with Gasteiger partial charge in [-0.15, -0.1) is 0 Å². The van der Waals surface area contributed by atoms with Crippen molar-refractivity contribution in [3.8, 4) is 11.4 Å². The summed E-state index contributed by atoms with van der Waals surface area (Å²) in [5, 5.41) is 8.21. The lowest BCUT2D eigenvalue weighted by molar-refractivity contribution is 0.0955. The van der Waals surface area contributed by atoms with Gasteiger partial charge in [0.15, 0.2) is 5.82 Å². The minimum Gasteiger partial charge on any atom is -0.368 e. The first-order chi connectivity index (χ1) is 15.0. The number of benzene rings is 3. The zero-order valence-corrected chi connectivity index (χ0v) is 18.3. The number of aryl methyl sites for hydroxylation is 1. The number of nitrogens with zero attached hydrogens (tertiary/aromatic N) is 2. The molecule has 1 amide bonds. The second-order valence-electron chi connectivity index (χ2n) is 7.09. The summed E-state index contributed by atoms with van der Waals surface area (Å²) < 4.78 is 0. The molecule has 0 aliphatic carbocycles. The quantitative estimate of drug-likeness (QED) is 0.366. The molecule has 0 fully saturated rings. The molecule has 0 saturated heterocycles. The first-order valence-electron chi connectivity index (χ1n) is 9.82. The summed E-state index contributed by atoms with van der Waals surface area (Å²) in [6.07, 6.45) is 0. The van der Waals surface area contributed by atoms with Crippen LogP contribution in [0.4, 0.5) is 5.82 Å². The maximum atomic E-state index is 12.3. The Bertz CT molecular complexity index is 1240. The molecule has 4 aromatic rings. The minimum absolute atomic E-state index is 0.113. The molecule has 0 radical (unpaired) electrons. The highest BCUT2D eigenvalue weighted by atomic mass is 35.5. The highest BCUT2D eigenvalue weighted by Crippen LogP contribution is 2.30. The molecule has 156 valence electrons. The van der Waals surface area contributed by atoms with Gasteiger partial charge in [-0.3, -0.25) is 4.79 Å². The third kappa shape index (κ3) is 4.95. The summed E-state index contributed by atoms with van der Waals surface area (Å²) in [6, 6.07) is 20.4. The number of hydrogen-bond donors (Lipinski definition) is 2. The van der Waals surface area contributed by atoms with Crippen LogP contribution in [0.5, 0.6) is 0 Å². The number of rotatable bonds is 6. The van der Waals surface area contributed by atoms with E-state index in [1.807, 2.05) is 55.5 Å². The first-order valence-corrected chi connectivity index (χ1v) is 10.6. The van der Waals surface area contributed by atoms with E-state index in [2.05, 4.69) is 20.6 Å². The Hall–Kier alpha value is -3.15. The summed E-state index contributed by atoms with van der Waals surface area (Å²) in [5.74, 6) is 1.05. The van der Waals surface area contributed by atoms with Crippen molar-refractivity contribution in [1.82, 2.24) is 15.3 Å². The Morgan fingerprint density at radius 2 is 1.71 bits per heavy atom. The lowest BCUT2D eigenvalue weighted by Crippen LogP contribution is -2.28. The molecule has 2 N–H and O–H groups in total. The second kappa shape index (κ2) is 9.33. The third-order valence-electron chi connectivity index (χ3n) is 4.79. The molecule has 0 aliphatic rings. The number of hydrogen-bond acceptors (Lipinski definition) is 4. The molecule has 0 atom stereocenters. The van der Waals surface area contributed by atoms with Gasteiger partial charge in [-0.25, -0.2) is 9.97 Å². The SMILES string of the molecule is Cc1ccc(C(=O)NCCNc2nc(-c3ccccc3Cl)nc3cc(Cl)ccc23)cc1. The third-order valence-corrected chi connectivity index (χ3v) is 5.36. The molecule has 3 aromatic carbocycles. The van der Waals surface area contributed by atoms with E-state index in [4.69, 9.17) is 23.2 Å². The van der Waals surface area contributed by atoms with E-state index in [0.717, 1.165) is 16.5 Å². The molecule has 4 rings (SSSR count). The monoisotopic (exact) mass is 450 g/mol. The Balaban J connectivity index is 1.53. The van der Waals surface area contributed by atoms with E-state index >= 15 is 0 Å². The maximum absolute atomic E-state index is 12.3. The molecule has 0 saturated carbocycles. The van der Waals surface area contributed by atoms with E-state index in [1.54, 1.807) is 18.2 Å². The zero-order chi connectivity index (χ0) is 21.8. The number of aromatic nitrogens is 2. The summed E-state index contributed by atoms with van der Waals surface area (Å²) in [6.45, 7) is 2.92. The van der Waals surface area contributed by atoms with E-state index < -0.39 is 0 Å². The number of nitrogens with one attached hydrogen (secondary N) is 2. The molecule has 0 spiro atoms. The topological polar surface area (TPSA) is 66.9 Å². The Kier molecular flexibility index (Phi) is 6.35. The van der Waals surface area contributed by atoms with Crippen LogP contribution in [0.3, 0.4) is 0 Å². The number of fused-ring (bicyclic) bond motifs is 1. The number of amides is 1. The summed E-state index contributed by atoms with van der Waals surface area (Å²) in [5.41, 5.74) is 3.20. The average molecular weight is 451 g/mol. The fraction of sp³-hybridized carbons (Fsp3) is 0.125. The average Bonchev–Trinajstić information content (AvgIpc) is 2.76. The van der Waals surface area contributed by atoms with Crippen LogP contribution in [0.1, 0.15) is 15.9 Å². The van der Waals surface area contributed by atoms with Crippen molar-refractivity contribution >= 4 is 45.8 Å². The van der Waals surface area contributed by atoms with Crippen LogP contribution in [0.15, 0.2) is 66.7 Å². The van der Waals surface area contributed by atoms with Crippen molar-refractivity contribution < 1.29 is 4.79 Å². The van der Waals surface area contributed by atoms with Gasteiger partial charge < -0.3 is 10.6 Å². The fourth-order valence-corrected chi connectivity index (χ4v) is 3.55. The molecule has 0 bridgehead atoms. The van der Waals surface area contributed by atoms with Gasteiger partial charge in [0, 0.05) is 34.6 Å². The lowest BCUT2D eigenvalue weighted by Gasteiger charge is -2.12. The minimum atomic E-state index is -0.113. The highest BCUT2D eigenvalue weighted by Gasteiger charge is 2.12. The maximum Gasteiger partial charge on any atom is 0.251 e. The van der Waals surface area contributed by atoms with Gasteiger partial charge >= 0.3 is 0 Å². The molecular formula is C24H20Cl2N4O. The van der Waals surface area contributed by atoms with Gasteiger partial charge in [0.2, 0.25) is 0 Å². The number of carbonyl (C=O) groups is 1. The van der Waals surface area contributed by atoms with Crippen LogP contribution < -0.4 is 10.6 Å². The van der Waals surface area contributed by atoms with Crippen LogP contribution in [-0.4, -0.2) is 29.0 Å². The molecular weight excluding hydrogens is 431 g/mol. The van der Waals surface area contributed by atoms with Crippen molar-refractivity contribution in [3.63, 3.8) is 0 Å². The molecule has 5 nitrogen and oxygen atoms in total. The Labute approximate surface area is 190 Å². The molecule has 31 heavy (non-hydrogen) atoms. The number of carbonyl (C=O) groups excluding carboxylic acids is 1. The van der Waals surface area contributed by atoms with Crippen molar-refractivity contribution in [2.75, 3.05) is 18.4 Å². The Morgan fingerprint density at radius 1 is 0.935 bits per heavy atom. The Morgan fingerprint density at radius 3 is 2.48 bits per heavy atom. The molecule has 1 heterocycles. The largest absolute Gasteiger partial charge is 0.368 e. The summed E-state index contributed by atoms with van der Waals surface area (Å²) in [7, 11) is 0. The highest BCUT2D eigenvalue weighted by molar-refractivity contribution is 6.33. The van der Waals surface area contributed by atoms with E-state index in [0.29, 0.717) is 45.9 Å². The molecule has 7 heteroatoms. The fourth-order valence-electron chi connectivity index (χ4n) is 3.16. The predicted octanol–water partition coefficient (Wildman–Crippen LogP) is 5.75. The zero-order valence-electron chi connectivity index (χ0n) is 16.8. The van der Waals surface area contributed by atoms with Crippen molar-refractivity contribution in [1.29, 1.82) is 0 Å².